The van der Waals surface area contributed by atoms with Crippen LogP contribution in [0.25, 0.3) is 16.5 Å². The summed E-state index contributed by atoms with van der Waals surface area (Å²) >= 11 is 0. The third-order valence-corrected chi connectivity index (χ3v) is 5.46. The van der Waals surface area contributed by atoms with E-state index in [9.17, 15) is 9.90 Å². The van der Waals surface area contributed by atoms with Crippen LogP contribution >= 0.6 is 0 Å². The van der Waals surface area contributed by atoms with Crippen LogP contribution in [0.2, 0.25) is 0 Å². The lowest BCUT2D eigenvalue weighted by atomic mass is 9.48. The van der Waals surface area contributed by atoms with Gasteiger partial charge in [-0.2, -0.15) is 0 Å². The summed E-state index contributed by atoms with van der Waals surface area (Å²) in [6, 6.07) is 6.24. The minimum absolute atomic E-state index is 0.0856. The molecule has 2 bridgehead atoms. The summed E-state index contributed by atoms with van der Waals surface area (Å²) in [7, 11) is 0. The number of benzene rings is 1. The van der Waals surface area contributed by atoms with Crippen LogP contribution in [0.5, 0.6) is 5.75 Å². The first-order valence-corrected chi connectivity index (χ1v) is 7.44. The van der Waals surface area contributed by atoms with Gasteiger partial charge in [0, 0.05) is 6.07 Å². The van der Waals surface area contributed by atoms with E-state index in [-0.39, 0.29) is 11.2 Å². The molecule has 0 saturated heterocycles. The molecule has 21 heavy (non-hydrogen) atoms. The Balaban J connectivity index is 1.87. The van der Waals surface area contributed by atoms with Crippen molar-refractivity contribution in [3.63, 3.8) is 0 Å². The second-order valence-electron chi connectivity index (χ2n) is 6.86. The van der Waals surface area contributed by atoms with Gasteiger partial charge in [0.1, 0.15) is 17.1 Å². The number of aromatic hydroxyl groups is 1. The Morgan fingerprint density at radius 3 is 2.81 bits per heavy atom. The highest BCUT2D eigenvalue weighted by Crippen LogP contribution is 2.61. The highest BCUT2D eigenvalue weighted by atomic mass is 16.3. The average Bonchev–Trinajstić information content (AvgIpc) is 2.47. The molecule has 1 aromatic carbocycles. The lowest BCUT2D eigenvalue weighted by Crippen LogP contribution is -2.47. The molecule has 1 heterocycles. The number of fused-ring (bicyclic) bond motifs is 2. The molecular formula is C18H18O3. The van der Waals surface area contributed by atoms with Crippen molar-refractivity contribution in [2.45, 2.75) is 26.7 Å². The molecule has 108 valence electrons. The van der Waals surface area contributed by atoms with E-state index in [2.05, 4.69) is 19.9 Å². The molecule has 3 heteroatoms. The van der Waals surface area contributed by atoms with Crippen molar-refractivity contribution in [3.05, 3.63) is 46.3 Å². The van der Waals surface area contributed by atoms with Crippen LogP contribution in [0.3, 0.4) is 0 Å². The van der Waals surface area contributed by atoms with Crippen LogP contribution in [0, 0.1) is 17.3 Å². The second-order valence-corrected chi connectivity index (χ2v) is 6.86. The van der Waals surface area contributed by atoms with Crippen LogP contribution in [0.1, 0.15) is 32.4 Å². The number of phenols is 1. The van der Waals surface area contributed by atoms with Crippen molar-refractivity contribution >= 4 is 16.5 Å². The molecule has 0 aliphatic heterocycles. The van der Waals surface area contributed by atoms with Gasteiger partial charge in [-0.05, 0) is 53.9 Å². The minimum atomic E-state index is -0.0951. The fraction of sp³-hybridized carbons (Fsp3) is 0.389. The van der Waals surface area contributed by atoms with Gasteiger partial charge in [-0.25, -0.2) is 0 Å². The van der Waals surface area contributed by atoms with Gasteiger partial charge in [0.05, 0.1) is 5.39 Å². The van der Waals surface area contributed by atoms with Gasteiger partial charge < -0.3 is 9.52 Å². The van der Waals surface area contributed by atoms with E-state index in [0.29, 0.717) is 28.1 Å². The smallest absolute Gasteiger partial charge is 0.193 e. The Bertz CT molecular complexity index is 826. The molecule has 3 aliphatic rings. The van der Waals surface area contributed by atoms with E-state index in [1.807, 2.05) is 0 Å². The van der Waals surface area contributed by atoms with Gasteiger partial charge in [0.2, 0.25) is 0 Å². The zero-order valence-electron chi connectivity index (χ0n) is 12.2. The Morgan fingerprint density at radius 1 is 1.29 bits per heavy atom. The summed E-state index contributed by atoms with van der Waals surface area (Å²) < 4.78 is 5.95. The number of allylic oxidation sites excluding steroid dienone is 2. The topological polar surface area (TPSA) is 50.4 Å². The minimum Gasteiger partial charge on any atom is -0.508 e. The first-order chi connectivity index (χ1) is 9.96. The van der Waals surface area contributed by atoms with Gasteiger partial charge in [-0.15, -0.1) is 0 Å². The number of hydrogen-bond acceptors (Lipinski definition) is 3. The molecule has 5 rings (SSSR count). The molecule has 3 aliphatic carbocycles. The van der Waals surface area contributed by atoms with Gasteiger partial charge in [-0.1, -0.05) is 19.9 Å². The predicted octanol–water partition coefficient (Wildman–Crippen LogP) is 3.95. The van der Waals surface area contributed by atoms with Gasteiger partial charge >= 0.3 is 0 Å². The van der Waals surface area contributed by atoms with Crippen LogP contribution in [-0.4, -0.2) is 5.11 Å². The summed E-state index contributed by atoms with van der Waals surface area (Å²) in [6.45, 7) is 4.60. The van der Waals surface area contributed by atoms with E-state index < -0.39 is 0 Å². The van der Waals surface area contributed by atoms with Crippen LogP contribution in [0.4, 0.5) is 0 Å². The van der Waals surface area contributed by atoms with Gasteiger partial charge in [0.15, 0.2) is 5.43 Å². The Morgan fingerprint density at radius 2 is 2.10 bits per heavy atom. The quantitative estimate of drug-likeness (QED) is 0.861. The Kier molecular flexibility index (Phi) is 2.42. The Labute approximate surface area is 122 Å². The predicted molar refractivity (Wildman–Crippen MR) is 82.1 cm³/mol. The summed E-state index contributed by atoms with van der Waals surface area (Å²) in [4.78, 5) is 12.3. The molecule has 1 aromatic heterocycles. The van der Waals surface area contributed by atoms with Crippen molar-refractivity contribution in [2.75, 3.05) is 0 Å². The molecule has 2 atom stereocenters. The summed E-state index contributed by atoms with van der Waals surface area (Å²) in [5.74, 6) is 2.01. The van der Waals surface area contributed by atoms with Crippen LogP contribution in [-0.2, 0) is 0 Å². The molecule has 1 unspecified atom stereocenters. The lowest BCUT2D eigenvalue weighted by Gasteiger charge is -2.56. The molecule has 1 N–H and O–H groups in total. The van der Waals surface area contributed by atoms with Gasteiger partial charge in [-0.3, -0.25) is 4.79 Å². The van der Waals surface area contributed by atoms with Gasteiger partial charge in [0.25, 0.3) is 0 Å². The zero-order valence-corrected chi connectivity index (χ0v) is 12.2. The highest BCUT2D eigenvalue weighted by Gasteiger charge is 2.51. The molecule has 1 saturated carbocycles. The fourth-order valence-electron chi connectivity index (χ4n) is 3.91. The highest BCUT2D eigenvalue weighted by molar-refractivity contribution is 5.80. The van der Waals surface area contributed by atoms with E-state index in [1.165, 1.54) is 18.1 Å². The fourth-order valence-corrected chi connectivity index (χ4v) is 3.91. The number of phenolic OH excluding ortho intramolecular Hbond substituents is 1. The lowest BCUT2D eigenvalue weighted by molar-refractivity contribution is 0.0102. The number of hydrogen-bond donors (Lipinski definition) is 1. The molecule has 0 spiro atoms. The summed E-state index contributed by atoms with van der Waals surface area (Å²) in [6.07, 6.45) is 4.49. The van der Waals surface area contributed by atoms with E-state index in [4.69, 9.17) is 4.42 Å². The van der Waals surface area contributed by atoms with Crippen molar-refractivity contribution < 1.29 is 9.52 Å². The molecule has 1 fully saturated rings. The van der Waals surface area contributed by atoms with E-state index >= 15 is 0 Å². The van der Waals surface area contributed by atoms with Crippen molar-refractivity contribution in [1.29, 1.82) is 0 Å². The first kappa shape index (κ1) is 12.7. The standard InChI is InChI=1S/C18H18O3/c1-18(2)10-3-5-12(14(18)7-10)17-9-15(20)13-8-11(19)4-6-16(13)21-17/h4-6,8-10,14,19H,3,7H2,1-2H3/t10?,14-/m0/s1. The summed E-state index contributed by atoms with van der Waals surface area (Å²) in [5, 5.41) is 9.93. The molecule has 2 aromatic rings. The third kappa shape index (κ3) is 1.70. The largest absolute Gasteiger partial charge is 0.508 e. The maximum atomic E-state index is 12.3. The van der Waals surface area contributed by atoms with Crippen molar-refractivity contribution in [2.24, 2.45) is 17.3 Å². The van der Waals surface area contributed by atoms with E-state index in [0.717, 1.165) is 12.3 Å². The van der Waals surface area contributed by atoms with Crippen LogP contribution < -0.4 is 5.43 Å². The Hall–Kier alpha value is -2.03. The zero-order chi connectivity index (χ0) is 14.8. The summed E-state index contributed by atoms with van der Waals surface area (Å²) in [5.41, 5.74) is 1.92. The molecule has 0 amide bonds. The normalized spacial score (nSPS) is 26.3. The SMILES string of the molecule is CC1(C)C2CC=C(c3cc(=O)c4cc(O)ccc4o3)[C@@H]1C2. The average molecular weight is 282 g/mol. The maximum absolute atomic E-state index is 12.3. The molecular weight excluding hydrogens is 264 g/mol. The first-order valence-electron chi connectivity index (χ1n) is 7.44. The molecule has 0 radical (unpaired) electrons. The van der Waals surface area contributed by atoms with E-state index in [1.54, 1.807) is 18.2 Å². The maximum Gasteiger partial charge on any atom is 0.193 e. The van der Waals surface area contributed by atoms with Crippen LogP contribution in [0.15, 0.2) is 39.6 Å². The third-order valence-electron chi connectivity index (χ3n) is 5.46. The molecule has 3 nitrogen and oxygen atoms in total. The van der Waals surface area contributed by atoms with Crippen molar-refractivity contribution in [1.82, 2.24) is 0 Å². The monoisotopic (exact) mass is 282 g/mol. The van der Waals surface area contributed by atoms with Crippen molar-refractivity contribution in [3.8, 4) is 5.75 Å². The number of rotatable bonds is 1. The second kappa shape index (κ2) is 4.00.